The lowest BCUT2D eigenvalue weighted by Gasteiger charge is -2.02. The number of aryl methyl sites for hydroxylation is 3. The summed E-state index contributed by atoms with van der Waals surface area (Å²) in [6, 6.07) is 8.30. The Labute approximate surface area is 99.4 Å². The van der Waals surface area contributed by atoms with Crippen LogP contribution in [0.2, 0.25) is 0 Å². The summed E-state index contributed by atoms with van der Waals surface area (Å²) in [6.45, 7) is 2.10. The van der Waals surface area contributed by atoms with E-state index in [4.69, 9.17) is 16.1 Å². The average molecular weight is 237 g/mol. The highest BCUT2D eigenvalue weighted by molar-refractivity contribution is 6.16. The van der Waals surface area contributed by atoms with Crippen molar-refractivity contribution in [1.29, 1.82) is 0 Å². The van der Waals surface area contributed by atoms with Crippen LogP contribution in [0, 0.1) is 6.92 Å². The molecule has 2 rings (SSSR count). The van der Waals surface area contributed by atoms with Crippen molar-refractivity contribution in [3.8, 4) is 0 Å². The van der Waals surface area contributed by atoms with E-state index in [1.54, 1.807) is 0 Å². The first kappa shape index (κ1) is 11.1. The van der Waals surface area contributed by atoms with Crippen LogP contribution in [0.15, 0.2) is 28.8 Å². The van der Waals surface area contributed by atoms with E-state index in [1.165, 1.54) is 11.1 Å². The molecule has 0 aliphatic carbocycles. The van der Waals surface area contributed by atoms with Gasteiger partial charge in [-0.2, -0.15) is 4.98 Å². The zero-order chi connectivity index (χ0) is 11.4. The van der Waals surface area contributed by atoms with Gasteiger partial charge >= 0.3 is 0 Å². The lowest BCUT2D eigenvalue weighted by atomic mass is 10.0. The molecule has 0 saturated carbocycles. The van der Waals surface area contributed by atoms with Crippen molar-refractivity contribution in [2.45, 2.75) is 25.6 Å². The van der Waals surface area contributed by atoms with Gasteiger partial charge in [0, 0.05) is 6.42 Å². The molecule has 84 valence electrons. The summed E-state index contributed by atoms with van der Waals surface area (Å²) in [5.41, 5.74) is 2.60. The number of aromatic nitrogens is 2. The zero-order valence-electron chi connectivity index (χ0n) is 9.11. The topological polar surface area (TPSA) is 38.9 Å². The smallest absolute Gasteiger partial charge is 0.227 e. The molecule has 0 saturated heterocycles. The Morgan fingerprint density at radius 2 is 2.06 bits per heavy atom. The number of benzene rings is 1. The summed E-state index contributed by atoms with van der Waals surface area (Å²) in [5, 5.41) is 3.75. The van der Waals surface area contributed by atoms with Gasteiger partial charge < -0.3 is 4.52 Å². The van der Waals surface area contributed by atoms with Gasteiger partial charge in [0.2, 0.25) is 5.89 Å². The van der Waals surface area contributed by atoms with Crippen molar-refractivity contribution in [2.75, 3.05) is 0 Å². The van der Waals surface area contributed by atoms with E-state index in [9.17, 15) is 0 Å². The van der Waals surface area contributed by atoms with Crippen molar-refractivity contribution in [2.24, 2.45) is 0 Å². The maximum absolute atomic E-state index is 5.60. The number of rotatable bonds is 4. The van der Waals surface area contributed by atoms with Crippen LogP contribution in [-0.4, -0.2) is 10.1 Å². The third-order valence-electron chi connectivity index (χ3n) is 2.50. The van der Waals surface area contributed by atoms with Crippen molar-refractivity contribution >= 4 is 11.6 Å². The summed E-state index contributed by atoms with van der Waals surface area (Å²) in [5.74, 6) is 1.51. The highest BCUT2D eigenvalue weighted by Crippen LogP contribution is 2.11. The minimum absolute atomic E-state index is 0.299. The molecule has 2 aromatic rings. The Kier molecular flexibility index (Phi) is 3.57. The number of hydrogen-bond donors (Lipinski definition) is 0. The Bertz CT molecular complexity index is 468. The van der Waals surface area contributed by atoms with Crippen molar-refractivity contribution < 1.29 is 4.52 Å². The largest absolute Gasteiger partial charge is 0.339 e. The molecule has 1 aromatic carbocycles. The van der Waals surface area contributed by atoms with Crippen LogP contribution in [0.25, 0.3) is 0 Å². The van der Waals surface area contributed by atoms with Gasteiger partial charge in [0.1, 0.15) is 0 Å². The van der Waals surface area contributed by atoms with E-state index in [1.807, 2.05) is 12.1 Å². The maximum Gasteiger partial charge on any atom is 0.227 e. The number of halogens is 1. The van der Waals surface area contributed by atoms with Gasteiger partial charge in [-0.1, -0.05) is 29.4 Å². The average Bonchev–Trinajstić information content (AvgIpc) is 2.76. The molecular formula is C12H13ClN2O. The highest BCUT2D eigenvalue weighted by Gasteiger charge is 2.06. The molecule has 0 amide bonds. The van der Waals surface area contributed by atoms with Gasteiger partial charge in [-0.05, 0) is 24.5 Å². The molecule has 0 spiro atoms. The predicted molar refractivity (Wildman–Crippen MR) is 62.4 cm³/mol. The Hall–Kier alpha value is -1.35. The lowest BCUT2D eigenvalue weighted by molar-refractivity contribution is 0.374. The molecule has 0 atom stereocenters. The van der Waals surface area contributed by atoms with Crippen LogP contribution in [0.4, 0.5) is 0 Å². The van der Waals surface area contributed by atoms with Crippen LogP contribution in [0.3, 0.4) is 0 Å². The monoisotopic (exact) mass is 236 g/mol. The van der Waals surface area contributed by atoms with Crippen LogP contribution >= 0.6 is 11.6 Å². The van der Waals surface area contributed by atoms with Crippen molar-refractivity contribution in [1.82, 2.24) is 10.1 Å². The van der Waals surface area contributed by atoms with Gasteiger partial charge in [0.05, 0.1) is 5.88 Å². The normalized spacial score (nSPS) is 10.6. The van der Waals surface area contributed by atoms with E-state index in [-0.39, 0.29) is 0 Å². The van der Waals surface area contributed by atoms with E-state index in [0.29, 0.717) is 17.6 Å². The second-order valence-corrected chi connectivity index (χ2v) is 3.93. The molecule has 3 nitrogen and oxygen atoms in total. The predicted octanol–water partition coefficient (Wildman–Crippen LogP) is 2.90. The summed E-state index contributed by atoms with van der Waals surface area (Å²) < 4.78 is 5.07. The first-order valence-electron chi connectivity index (χ1n) is 5.21. The Morgan fingerprint density at radius 1 is 1.25 bits per heavy atom. The van der Waals surface area contributed by atoms with Gasteiger partial charge in [-0.15, -0.1) is 11.6 Å². The molecule has 4 heteroatoms. The first-order valence-corrected chi connectivity index (χ1v) is 5.75. The second kappa shape index (κ2) is 5.12. The molecule has 0 radical (unpaired) electrons. The quantitative estimate of drug-likeness (QED) is 0.767. The molecule has 0 aliphatic rings. The van der Waals surface area contributed by atoms with Gasteiger partial charge in [-0.25, -0.2) is 0 Å². The Balaban J connectivity index is 1.99. The third-order valence-corrected chi connectivity index (χ3v) is 2.74. The molecule has 0 unspecified atom stereocenters. The van der Waals surface area contributed by atoms with Crippen molar-refractivity contribution in [3.05, 3.63) is 47.1 Å². The lowest BCUT2D eigenvalue weighted by Crippen LogP contribution is -1.94. The third kappa shape index (κ3) is 2.61. The fourth-order valence-electron chi connectivity index (χ4n) is 1.58. The van der Waals surface area contributed by atoms with Gasteiger partial charge in [0.25, 0.3) is 0 Å². The summed E-state index contributed by atoms with van der Waals surface area (Å²) in [4.78, 5) is 4.16. The fraction of sp³-hybridized carbons (Fsp3) is 0.333. The number of hydrogen-bond acceptors (Lipinski definition) is 3. The Morgan fingerprint density at radius 3 is 2.75 bits per heavy atom. The molecule has 1 aromatic heterocycles. The minimum Gasteiger partial charge on any atom is -0.339 e. The summed E-state index contributed by atoms with van der Waals surface area (Å²) >= 11 is 5.60. The highest BCUT2D eigenvalue weighted by atomic mass is 35.5. The standard InChI is InChI=1S/C12H13ClN2O/c1-9-4-2-3-5-10(9)6-7-12-14-11(8-13)15-16-12/h2-5H,6-8H2,1H3. The van der Waals surface area contributed by atoms with Crippen LogP contribution in [-0.2, 0) is 18.7 Å². The number of alkyl halides is 1. The molecular weight excluding hydrogens is 224 g/mol. The van der Waals surface area contributed by atoms with Crippen molar-refractivity contribution in [3.63, 3.8) is 0 Å². The van der Waals surface area contributed by atoms with Crippen LogP contribution in [0.1, 0.15) is 22.8 Å². The number of nitrogens with zero attached hydrogens (tertiary/aromatic N) is 2. The molecule has 0 fully saturated rings. The zero-order valence-corrected chi connectivity index (χ0v) is 9.87. The van der Waals surface area contributed by atoms with E-state index >= 15 is 0 Å². The summed E-state index contributed by atoms with van der Waals surface area (Å²) in [7, 11) is 0. The van der Waals surface area contributed by atoms with E-state index < -0.39 is 0 Å². The maximum atomic E-state index is 5.60. The molecule has 16 heavy (non-hydrogen) atoms. The fourth-order valence-corrected chi connectivity index (χ4v) is 1.69. The summed E-state index contributed by atoms with van der Waals surface area (Å²) in [6.07, 6.45) is 1.67. The molecule has 1 heterocycles. The van der Waals surface area contributed by atoms with Crippen LogP contribution in [0.5, 0.6) is 0 Å². The molecule has 0 bridgehead atoms. The van der Waals surface area contributed by atoms with Gasteiger partial charge in [0.15, 0.2) is 5.82 Å². The molecule has 0 aliphatic heterocycles. The molecule has 0 N–H and O–H groups in total. The first-order chi connectivity index (χ1) is 7.79. The SMILES string of the molecule is Cc1ccccc1CCc1nc(CCl)no1. The second-order valence-electron chi connectivity index (χ2n) is 3.66. The van der Waals surface area contributed by atoms with Crippen LogP contribution < -0.4 is 0 Å². The van der Waals surface area contributed by atoms with E-state index in [2.05, 4.69) is 29.2 Å². The van der Waals surface area contributed by atoms with Gasteiger partial charge in [-0.3, -0.25) is 0 Å². The minimum atomic E-state index is 0.299. The van der Waals surface area contributed by atoms with E-state index in [0.717, 1.165) is 12.8 Å².